The quantitative estimate of drug-likeness (QED) is 0.597. The summed E-state index contributed by atoms with van der Waals surface area (Å²) in [5.74, 6) is 0.463. The highest BCUT2D eigenvalue weighted by molar-refractivity contribution is 7.09. The van der Waals surface area contributed by atoms with Gasteiger partial charge in [0, 0.05) is 23.7 Å². The van der Waals surface area contributed by atoms with Crippen LogP contribution in [0.25, 0.3) is 0 Å². The first-order chi connectivity index (χ1) is 8.38. The first-order valence-corrected chi connectivity index (χ1v) is 6.77. The van der Waals surface area contributed by atoms with Gasteiger partial charge in [-0.2, -0.15) is 0 Å². The zero-order valence-electron chi connectivity index (χ0n) is 9.30. The summed E-state index contributed by atoms with van der Waals surface area (Å²) < 4.78 is 5.55. The van der Waals surface area contributed by atoms with Crippen LogP contribution in [0.2, 0.25) is 0 Å². The van der Waals surface area contributed by atoms with Gasteiger partial charge >= 0.3 is 0 Å². The number of thiazole rings is 1. The van der Waals surface area contributed by atoms with Gasteiger partial charge in [0.25, 0.3) is 0 Å². The average Bonchev–Trinajstić information content (AvgIpc) is 2.84. The molecule has 0 atom stereocenters. The summed E-state index contributed by atoms with van der Waals surface area (Å²) in [7, 11) is 0. The van der Waals surface area contributed by atoms with Crippen molar-refractivity contribution in [1.29, 1.82) is 0 Å². The number of nitrogens with zero attached hydrogens (tertiary/aromatic N) is 2. The maximum absolute atomic E-state index is 5.68. The fourth-order valence-corrected chi connectivity index (χ4v) is 2.32. The number of hydrogen-bond donors (Lipinski definition) is 0. The van der Waals surface area contributed by atoms with Crippen molar-refractivity contribution < 1.29 is 4.74 Å². The third kappa shape index (κ3) is 4.07. The van der Waals surface area contributed by atoms with E-state index in [4.69, 9.17) is 16.3 Å². The molecule has 2 aromatic rings. The maximum atomic E-state index is 5.68. The minimum atomic E-state index is 0.463. The van der Waals surface area contributed by atoms with Gasteiger partial charge in [-0.25, -0.2) is 4.98 Å². The third-order valence-corrected chi connectivity index (χ3v) is 3.34. The molecule has 0 amide bonds. The smallest absolute Gasteiger partial charge is 0.119 e. The molecule has 0 aromatic carbocycles. The van der Waals surface area contributed by atoms with Gasteiger partial charge in [0.15, 0.2) is 0 Å². The average molecular weight is 269 g/mol. The van der Waals surface area contributed by atoms with E-state index in [2.05, 4.69) is 9.97 Å². The fourth-order valence-electron chi connectivity index (χ4n) is 1.36. The first-order valence-electron chi connectivity index (χ1n) is 5.35. The van der Waals surface area contributed by atoms with Crippen LogP contribution in [-0.4, -0.2) is 16.6 Å². The summed E-state index contributed by atoms with van der Waals surface area (Å²) in [5.41, 5.74) is 1.97. The summed E-state index contributed by atoms with van der Waals surface area (Å²) in [6.07, 6.45) is 2.62. The van der Waals surface area contributed by atoms with Gasteiger partial charge in [0.1, 0.15) is 5.01 Å². The standard InChI is InChI=1S/C12H13ClN2OS/c13-7-11-9-17-12(15-11)8-16-6-4-10-3-1-2-5-14-10/h1-3,5,9H,4,6-8H2. The molecule has 0 aliphatic carbocycles. The number of ether oxygens (including phenoxy) is 1. The van der Waals surface area contributed by atoms with Crippen molar-refractivity contribution in [3.8, 4) is 0 Å². The molecule has 17 heavy (non-hydrogen) atoms. The van der Waals surface area contributed by atoms with E-state index in [1.807, 2.05) is 23.6 Å². The molecule has 0 saturated carbocycles. The van der Waals surface area contributed by atoms with Gasteiger partial charge in [-0.3, -0.25) is 4.98 Å². The number of hydrogen-bond acceptors (Lipinski definition) is 4. The molecular weight excluding hydrogens is 256 g/mol. The lowest BCUT2D eigenvalue weighted by atomic mass is 10.3. The van der Waals surface area contributed by atoms with Crippen LogP contribution in [0.15, 0.2) is 29.8 Å². The Morgan fingerprint density at radius 3 is 2.94 bits per heavy atom. The lowest BCUT2D eigenvalue weighted by Crippen LogP contribution is -2.00. The molecule has 0 radical (unpaired) electrons. The van der Waals surface area contributed by atoms with Crippen LogP contribution >= 0.6 is 22.9 Å². The molecule has 0 saturated heterocycles. The number of pyridine rings is 1. The SMILES string of the molecule is ClCc1csc(COCCc2ccccn2)n1. The molecule has 0 fully saturated rings. The molecule has 0 aliphatic rings. The highest BCUT2D eigenvalue weighted by Crippen LogP contribution is 2.12. The molecule has 3 nitrogen and oxygen atoms in total. The monoisotopic (exact) mass is 268 g/mol. The molecule has 0 unspecified atom stereocenters. The minimum Gasteiger partial charge on any atom is -0.374 e. The Morgan fingerprint density at radius 1 is 1.29 bits per heavy atom. The van der Waals surface area contributed by atoms with Crippen LogP contribution in [-0.2, 0) is 23.6 Å². The molecule has 0 spiro atoms. The summed E-state index contributed by atoms with van der Waals surface area (Å²) in [6.45, 7) is 1.21. The Balaban J connectivity index is 1.69. The number of aromatic nitrogens is 2. The second kappa shape index (κ2) is 6.69. The summed E-state index contributed by atoms with van der Waals surface area (Å²) in [4.78, 5) is 8.55. The van der Waals surface area contributed by atoms with Crippen molar-refractivity contribution in [1.82, 2.24) is 9.97 Å². The van der Waals surface area contributed by atoms with E-state index in [1.165, 1.54) is 0 Å². The molecule has 5 heteroatoms. The van der Waals surface area contributed by atoms with E-state index in [-0.39, 0.29) is 0 Å². The van der Waals surface area contributed by atoms with E-state index in [9.17, 15) is 0 Å². The number of alkyl halides is 1. The van der Waals surface area contributed by atoms with Crippen LogP contribution in [0.3, 0.4) is 0 Å². The summed E-state index contributed by atoms with van der Waals surface area (Å²) >= 11 is 7.26. The molecular formula is C12H13ClN2OS. The molecule has 0 N–H and O–H groups in total. The molecule has 2 heterocycles. The molecule has 2 aromatic heterocycles. The van der Waals surface area contributed by atoms with Crippen molar-refractivity contribution >= 4 is 22.9 Å². The third-order valence-electron chi connectivity index (χ3n) is 2.19. The van der Waals surface area contributed by atoms with Gasteiger partial charge < -0.3 is 4.74 Å². The van der Waals surface area contributed by atoms with E-state index in [0.29, 0.717) is 19.1 Å². The second-order valence-corrected chi connectivity index (χ2v) is 4.70. The van der Waals surface area contributed by atoms with Gasteiger partial charge in [0.2, 0.25) is 0 Å². The number of halogens is 1. The van der Waals surface area contributed by atoms with Gasteiger partial charge in [-0.15, -0.1) is 22.9 Å². The van der Waals surface area contributed by atoms with Crippen molar-refractivity contribution in [2.45, 2.75) is 18.9 Å². The summed E-state index contributed by atoms with van der Waals surface area (Å²) in [5, 5.41) is 2.94. The largest absolute Gasteiger partial charge is 0.374 e. The first kappa shape index (κ1) is 12.5. The van der Waals surface area contributed by atoms with Crippen molar-refractivity contribution in [3.05, 3.63) is 46.2 Å². The lowest BCUT2D eigenvalue weighted by molar-refractivity contribution is 0.123. The van der Waals surface area contributed by atoms with E-state index in [0.717, 1.165) is 22.8 Å². The molecule has 2 rings (SSSR count). The Kier molecular flexibility index (Phi) is 4.91. The Morgan fingerprint density at radius 2 is 2.24 bits per heavy atom. The lowest BCUT2D eigenvalue weighted by Gasteiger charge is -2.01. The second-order valence-electron chi connectivity index (χ2n) is 3.49. The Hall–Kier alpha value is -0.970. The van der Waals surface area contributed by atoms with Crippen molar-refractivity contribution in [2.24, 2.45) is 0 Å². The Labute approximate surface area is 109 Å². The molecule has 0 aliphatic heterocycles. The van der Waals surface area contributed by atoms with Gasteiger partial charge in [0.05, 0.1) is 24.8 Å². The van der Waals surface area contributed by atoms with Gasteiger partial charge in [-0.1, -0.05) is 6.07 Å². The van der Waals surface area contributed by atoms with E-state index < -0.39 is 0 Å². The predicted octanol–water partition coefficient (Wildman–Crippen LogP) is 3.04. The van der Waals surface area contributed by atoms with Crippen molar-refractivity contribution in [2.75, 3.05) is 6.61 Å². The maximum Gasteiger partial charge on any atom is 0.119 e. The predicted molar refractivity (Wildman–Crippen MR) is 69.3 cm³/mol. The summed E-state index contributed by atoms with van der Waals surface area (Å²) in [6, 6.07) is 5.89. The van der Waals surface area contributed by atoms with E-state index >= 15 is 0 Å². The van der Waals surface area contributed by atoms with Crippen LogP contribution in [0.5, 0.6) is 0 Å². The van der Waals surface area contributed by atoms with Crippen LogP contribution in [0, 0.1) is 0 Å². The van der Waals surface area contributed by atoms with Crippen LogP contribution in [0.1, 0.15) is 16.4 Å². The topological polar surface area (TPSA) is 35.0 Å². The molecule has 90 valence electrons. The molecule has 0 bridgehead atoms. The number of rotatable bonds is 6. The Bertz CT molecular complexity index is 447. The highest BCUT2D eigenvalue weighted by Gasteiger charge is 2.01. The normalized spacial score (nSPS) is 10.6. The van der Waals surface area contributed by atoms with Crippen LogP contribution < -0.4 is 0 Å². The van der Waals surface area contributed by atoms with Crippen LogP contribution in [0.4, 0.5) is 0 Å². The zero-order chi connectivity index (χ0) is 11.9. The zero-order valence-corrected chi connectivity index (χ0v) is 10.9. The minimum absolute atomic E-state index is 0.463. The van der Waals surface area contributed by atoms with Gasteiger partial charge in [-0.05, 0) is 12.1 Å². The highest BCUT2D eigenvalue weighted by atomic mass is 35.5. The van der Waals surface area contributed by atoms with Crippen molar-refractivity contribution in [3.63, 3.8) is 0 Å². The fraction of sp³-hybridized carbons (Fsp3) is 0.333. The van der Waals surface area contributed by atoms with E-state index in [1.54, 1.807) is 17.5 Å².